The van der Waals surface area contributed by atoms with E-state index in [0.29, 0.717) is 47.1 Å². The first-order valence-corrected chi connectivity index (χ1v) is 13.7. The van der Waals surface area contributed by atoms with Crippen LogP contribution in [-0.4, -0.2) is 89.9 Å². The molecule has 0 spiro atoms. The zero-order valence-electron chi connectivity index (χ0n) is 23.6. The Labute approximate surface area is 246 Å². The second kappa shape index (κ2) is 11.7. The molecule has 5 heterocycles. The van der Waals surface area contributed by atoms with Gasteiger partial charge < -0.3 is 24.8 Å². The fourth-order valence-electron chi connectivity index (χ4n) is 5.18. The number of aromatic nitrogens is 6. The summed E-state index contributed by atoms with van der Waals surface area (Å²) in [4.78, 5) is 59.4. The molecule has 0 saturated carbocycles. The van der Waals surface area contributed by atoms with Gasteiger partial charge in [0.25, 0.3) is 17.6 Å². The Morgan fingerprint density at radius 1 is 1.05 bits per heavy atom. The van der Waals surface area contributed by atoms with Crippen molar-refractivity contribution in [1.82, 2.24) is 39.5 Å². The van der Waals surface area contributed by atoms with Crippen LogP contribution in [0.4, 0.5) is 5.95 Å². The molecule has 1 fully saturated rings. The lowest BCUT2D eigenvalue weighted by Crippen LogP contribution is -2.56. The third kappa shape index (κ3) is 5.39. The SMILES string of the molecule is COc1cnc(-n2cnc(NCc3ccccn3)n2)c2[nH]cc(C(=O)C(=O)N3CCN(C(=O)c4ccccc4)[C@H](C)C3)c12. The van der Waals surface area contributed by atoms with Crippen molar-refractivity contribution in [3.05, 3.63) is 90.3 Å². The molecule has 1 aliphatic rings. The number of pyridine rings is 2. The van der Waals surface area contributed by atoms with Gasteiger partial charge in [-0.25, -0.2) is 9.97 Å². The quantitative estimate of drug-likeness (QED) is 0.209. The lowest BCUT2D eigenvalue weighted by Gasteiger charge is -2.39. The topological polar surface area (TPSA) is 151 Å². The number of benzene rings is 1. The molecule has 0 aliphatic carbocycles. The molecule has 1 aliphatic heterocycles. The standard InChI is InChI=1S/C30H29N9O4/c1-19-17-37(12-13-38(19)28(41)20-8-4-3-5-9-20)29(42)26(40)22-15-32-25-24(22)23(43-2)16-33-27(25)39-18-35-30(36-39)34-14-21-10-6-7-11-31-21/h3-11,15-16,18-19,32H,12-14,17H2,1-2H3,(H,34,36)/t19-/m1/s1. The predicted molar refractivity (Wildman–Crippen MR) is 157 cm³/mol. The first kappa shape index (κ1) is 27.6. The zero-order valence-corrected chi connectivity index (χ0v) is 23.6. The molecule has 2 amide bonds. The van der Waals surface area contributed by atoms with Gasteiger partial charge in [-0.3, -0.25) is 19.4 Å². The van der Waals surface area contributed by atoms with Gasteiger partial charge >= 0.3 is 0 Å². The van der Waals surface area contributed by atoms with Crippen LogP contribution in [0, 0.1) is 0 Å². The summed E-state index contributed by atoms with van der Waals surface area (Å²) in [5, 5.41) is 8.00. The number of hydrogen-bond donors (Lipinski definition) is 2. The van der Waals surface area contributed by atoms with Gasteiger partial charge in [0.1, 0.15) is 12.1 Å². The first-order chi connectivity index (χ1) is 20.9. The number of piperazine rings is 1. The van der Waals surface area contributed by atoms with Gasteiger partial charge in [0, 0.05) is 43.6 Å². The molecule has 0 unspecified atom stereocenters. The van der Waals surface area contributed by atoms with Crippen LogP contribution in [0.1, 0.15) is 33.3 Å². The molecule has 13 nitrogen and oxygen atoms in total. The van der Waals surface area contributed by atoms with Crippen LogP contribution >= 0.6 is 0 Å². The molecule has 0 radical (unpaired) electrons. The van der Waals surface area contributed by atoms with Crippen molar-refractivity contribution >= 4 is 34.4 Å². The summed E-state index contributed by atoms with van der Waals surface area (Å²) >= 11 is 0. The zero-order chi connectivity index (χ0) is 29.9. The van der Waals surface area contributed by atoms with Crippen molar-refractivity contribution in [1.29, 1.82) is 0 Å². The average Bonchev–Trinajstić information content (AvgIpc) is 3.71. The second-order valence-electron chi connectivity index (χ2n) is 10.1. The van der Waals surface area contributed by atoms with E-state index in [2.05, 4.69) is 30.4 Å². The molecule has 2 N–H and O–H groups in total. The van der Waals surface area contributed by atoms with Crippen molar-refractivity contribution in [2.24, 2.45) is 0 Å². The van der Waals surface area contributed by atoms with Crippen molar-refractivity contribution in [2.45, 2.75) is 19.5 Å². The molecular weight excluding hydrogens is 550 g/mol. The number of nitrogens with zero attached hydrogens (tertiary/aromatic N) is 7. The van der Waals surface area contributed by atoms with Crippen molar-refractivity contribution in [2.75, 3.05) is 32.1 Å². The smallest absolute Gasteiger partial charge is 0.295 e. The summed E-state index contributed by atoms with van der Waals surface area (Å²) in [6.07, 6.45) is 6.17. The van der Waals surface area contributed by atoms with Crippen molar-refractivity contribution in [3.63, 3.8) is 0 Å². The Morgan fingerprint density at radius 3 is 2.60 bits per heavy atom. The third-order valence-corrected chi connectivity index (χ3v) is 7.37. The van der Waals surface area contributed by atoms with E-state index in [0.717, 1.165) is 5.69 Å². The Balaban J connectivity index is 1.21. The molecule has 1 aromatic carbocycles. The average molecular weight is 580 g/mol. The molecule has 43 heavy (non-hydrogen) atoms. The number of H-pyrrole nitrogens is 1. The van der Waals surface area contributed by atoms with Crippen molar-refractivity contribution in [3.8, 4) is 11.6 Å². The van der Waals surface area contributed by atoms with E-state index in [-0.39, 0.29) is 30.6 Å². The highest BCUT2D eigenvalue weighted by Gasteiger charge is 2.34. The number of amides is 2. The number of ketones is 1. The van der Waals surface area contributed by atoms with Crippen molar-refractivity contribution < 1.29 is 19.1 Å². The fraction of sp³-hybridized carbons (Fsp3) is 0.233. The number of Topliss-reactive ketones (excluding diaryl/α,β-unsaturated/α-hetero) is 1. The maximum Gasteiger partial charge on any atom is 0.295 e. The molecular formula is C30H29N9O4. The number of carbonyl (C=O) groups excluding carboxylic acids is 3. The first-order valence-electron chi connectivity index (χ1n) is 13.7. The monoisotopic (exact) mass is 579 g/mol. The van der Waals surface area contributed by atoms with Gasteiger partial charge in [-0.2, -0.15) is 4.68 Å². The minimum Gasteiger partial charge on any atom is -0.494 e. The minimum atomic E-state index is -0.687. The molecule has 1 saturated heterocycles. The van der Waals surface area contributed by atoms with Gasteiger partial charge in [0.15, 0.2) is 5.82 Å². The van der Waals surface area contributed by atoms with E-state index in [1.165, 1.54) is 35.4 Å². The number of rotatable bonds is 8. The van der Waals surface area contributed by atoms with Gasteiger partial charge in [-0.15, -0.1) is 5.10 Å². The number of methoxy groups -OCH3 is 1. The number of aromatic amines is 1. The second-order valence-corrected chi connectivity index (χ2v) is 10.1. The fourth-order valence-corrected chi connectivity index (χ4v) is 5.18. The number of nitrogens with one attached hydrogen (secondary N) is 2. The molecule has 218 valence electrons. The van der Waals surface area contributed by atoms with Gasteiger partial charge in [-0.1, -0.05) is 24.3 Å². The number of fused-ring (bicyclic) bond motifs is 1. The summed E-state index contributed by atoms with van der Waals surface area (Å²) < 4.78 is 6.99. The van der Waals surface area contributed by atoms with Crippen LogP contribution in [0.3, 0.4) is 0 Å². The summed E-state index contributed by atoms with van der Waals surface area (Å²) in [5.74, 6) is -0.363. The normalized spacial score (nSPS) is 15.0. The number of carbonyl (C=O) groups is 3. The van der Waals surface area contributed by atoms with Crippen LogP contribution in [0.15, 0.2) is 73.4 Å². The van der Waals surface area contributed by atoms with Gasteiger partial charge in [0.2, 0.25) is 5.95 Å². The number of hydrogen-bond acceptors (Lipinski definition) is 9. The lowest BCUT2D eigenvalue weighted by atomic mass is 10.1. The third-order valence-electron chi connectivity index (χ3n) is 7.37. The van der Waals surface area contributed by atoms with E-state index < -0.39 is 11.7 Å². The van der Waals surface area contributed by atoms with Crippen LogP contribution in [-0.2, 0) is 11.3 Å². The molecule has 5 aromatic rings. The Bertz CT molecular complexity index is 1790. The molecule has 6 rings (SSSR count). The summed E-state index contributed by atoms with van der Waals surface area (Å²) in [5.41, 5.74) is 2.04. The highest BCUT2D eigenvalue weighted by molar-refractivity contribution is 6.45. The lowest BCUT2D eigenvalue weighted by molar-refractivity contribution is -0.128. The van der Waals surface area contributed by atoms with E-state index in [4.69, 9.17) is 4.74 Å². The molecule has 1 atom stereocenters. The Morgan fingerprint density at radius 2 is 1.86 bits per heavy atom. The highest BCUT2D eigenvalue weighted by atomic mass is 16.5. The van der Waals surface area contributed by atoms with Crippen LogP contribution in [0.5, 0.6) is 5.75 Å². The largest absolute Gasteiger partial charge is 0.494 e. The van der Waals surface area contributed by atoms with Crippen LogP contribution in [0.2, 0.25) is 0 Å². The van der Waals surface area contributed by atoms with E-state index in [9.17, 15) is 14.4 Å². The summed E-state index contributed by atoms with van der Waals surface area (Å²) in [6, 6.07) is 14.4. The van der Waals surface area contributed by atoms with Gasteiger partial charge in [0.05, 0.1) is 42.0 Å². The maximum atomic E-state index is 13.6. The number of anilines is 1. The van der Waals surface area contributed by atoms with E-state index in [1.54, 1.807) is 23.2 Å². The molecule has 0 bridgehead atoms. The highest BCUT2D eigenvalue weighted by Crippen LogP contribution is 2.32. The maximum absolute atomic E-state index is 13.6. The molecule has 4 aromatic heterocycles. The Hall–Kier alpha value is -5.59. The van der Waals surface area contributed by atoms with Crippen LogP contribution in [0.25, 0.3) is 16.7 Å². The molecule has 13 heteroatoms. The van der Waals surface area contributed by atoms with E-state index in [1.807, 2.05) is 43.3 Å². The minimum absolute atomic E-state index is 0.101. The summed E-state index contributed by atoms with van der Waals surface area (Å²) in [6.45, 7) is 3.11. The van der Waals surface area contributed by atoms with E-state index >= 15 is 0 Å². The number of ether oxygens (including phenoxy) is 1. The van der Waals surface area contributed by atoms with Crippen LogP contribution < -0.4 is 10.1 Å². The summed E-state index contributed by atoms with van der Waals surface area (Å²) in [7, 11) is 1.47. The van der Waals surface area contributed by atoms with Gasteiger partial charge in [-0.05, 0) is 31.2 Å². The predicted octanol–water partition coefficient (Wildman–Crippen LogP) is 2.72. The Kier molecular flexibility index (Phi) is 7.52.